The third kappa shape index (κ3) is 3.96. The first kappa shape index (κ1) is 13.8. The normalized spacial score (nSPS) is 12.6. The SMILES string of the molecule is O=S(=O)(Cl)CCS(=O)(=O)c1ncncc1Br. The van der Waals surface area contributed by atoms with Crippen molar-refractivity contribution >= 4 is 45.5 Å². The van der Waals surface area contributed by atoms with Crippen LogP contribution in [0.25, 0.3) is 0 Å². The largest absolute Gasteiger partial charge is 0.244 e. The van der Waals surface area contributed by atoms with E-state index in [2.05, 4.69) is 25.9 Å². The highest BCUT2D eigenvalue weighted by Crippen LogP contribution is 2.19. The van der Waals surface area contributed by atoms with Crippen molar-refractivity contribution in [2.75, 3.05) is 11.5 Å². The van der Waals surface area contributed by atoms with Crippen LogP contribution in [0.1, 0.15) is 0 Å². The third-order valence-electron chi connectivity index (χ3n) is 1.52. The smallest absolute Gasteiger partial charge is 0.233 e. The summed E-state index contributed by atoms with van der Waals surface area (Å²) in [5, 5.41) is -0.247. The Morgan fingerprint density at radius 1 is 1.25 bits per heavy atom. The minimum absolute atomic E-state index is 0.182. The lowest BCUT2D eigenvalue weighted by atomic mass is 10.7. The molecule has 6 nitrogen and oxygen atoms in total. The third-order valence-corrected chi connectivity index (χ3v) is 5.44. The van der Waals surface area contributed by atoms with E-state index in [-0.39, 0.29) is 9.50 Å². The van der Waals surface area contributed by atoms with Gasteiger partial charge in [-0.2, -0.15) is 0 Å². The van der Waals surface area contributed by atoms with E-state index in [0.717, 1.165) is 6.33 Å². The average Bonchev–Trinajstić information content (AvgIpc) is 2.14. The van der Waals surface area contributed by atoms with Crippen LogP contribution in [0.15, 0.2) is 22.0 Å². The predicted molar refractivity (Wildman–Crippen MR) is 61.4 cm³/mol. The summed E-state index contributed by atoms with van der Waals surface area (Å²) in [5.74, 6) is -1.28. The first-order chi connectivity index (χ1) is 7.22. The zero-order valence-corrected chi connectivity index (χ0v) is 11.6. The molecule has 0 aliphatic heterocycles. The molecule has 1 heterocycles. The second-order valence-electron chi connectivity index (χ2n) is 2.74. The van der Waals surface area contributed by atoms with Gasteiger partial charge in [0.1, 0.15) is 6.33 Å². The predicted octanol–water partition coefficient (Wildman–Crippen LogP) is 0.581. The van der Waals surface area contributed by atoms with Gasteiger partial charge in [-0.3, -0.25) is 0 Å². The standard InChI is InChI=1S/C6H6BrClN2O4S2/c7-5-3-9-4-10-6(5)15(11,12)1-2-16(8,13)14/h3-4H,1-2H2. The minimum Gasteiger partial charge on any atom is -0.244 e. The molecule has 0 bridgehead atoms. The monoisotopic (exact) mass is 348 g/mol. The van der Waals surface area contributed by atoms with E-state index in [1.54, 1.807) is 0 Å². The summed E-state index contributed by atoms with van der Waals surface area (Å²) in [6.45, 7) is 0. The summed E-state index contributed by atoms with van der Waals surface area (Å²) in [4.78, 5) is 7.17. The number of hydrogen-bond donors (Lipinski definition) is 0. The summed E-state index contributed by atoms with van der Waals surface area (Å²) in [5.41, 5.74) is 0. The molecule has 1 rings (SSSR count). The van der Waals surface area contributed by atoms with Gasteiger partial charge in [0.2, 0.25) is 9.05 Å². The summed E-state index contributed by atoms with van der Waals surface area (Å²) in [7, 11) is -2.70. The van der Waals surface area contributed by atoms with Crippen molar-refractivity contribution in [1.82, 2.24) is 9.97 Å². The van der Waals surface area contributed by atoms with Crippen LogP contribution in [0.5, 0.6) is 0 Å². The van der Waals surface area contributed by atoms with E-state index in [4.69, 9.17) is 10.7 Å². The fraction of sp³-hybridized carbons (Fsp3) is 0.333. The fourth-order valence-corrected chi connectivity index (χ4v) is 4.79. The van der Waals surface area contributed by atoms with Crippen LogP contribution in [0.3, 0.4) is 0 Å². The molecule has 0 N–H and O–H groups in total. The van der Waals surface area contributed by atoms with Gasteiger partial charge in [-0.15, -0.1) is 0 Å². The Bertz CT molecular complexity index is 586. The Morgan fingerprint density at radius 3 is 2.38 bits per heavy atom. The molecular formula is C6H6BrClN2O4S2. The van der Waals surface area contributed by atoms with Gasteiger partial charge in [-0.25, -0.2) is 26.8 Å². The van der Waals surface area contributed by atoms with Crippen molar-refractivity contribution in [3.63, 3.8) is 0 Å². The summed E-state index contributed by atoms with van der Waals surface area (Å²) in [6, 6.07) is 0. The molecule has 16 heavy (non-hydrogen) atoms. The first-order valence-corrected chi connectivity index (χ1v) is 8.75. The van der Waals surface area contributed by atoms with Gasteiger partial charge in [0.05, 0.1) is 16.0 Å². The van der Waals surface area contributed by atoms with Crippen molar-refractivity contribution in [3.8, 4) is 0 Å². The molecule has 0 aliphatic carbocycles. The molecule has 1 aromatic heterocycles. The van der Waals surface area contributed by atoms with Gasteiger partial charge < -0.3 is 0 Å². The zero-order valence-electron chi connectivity index (χ0n) is 7.67. The van der Waals surface area contributed by atoms with Crippen molar-refractivity contribution < 1.29 is 16.8 Å². The van der Waals surface area contributed by atoms with Crippen LogP contribution in [-0.2, 0) is 18.9 Å². The Morgan fingerprint density at radius 2 is 1.88 bits per heavy atom. The molecule has 0 unspecified atom stereocenters. The highest BCUT2D eigenvalue weighted by molar-refractivity contribution is 9.10. The number of aromatic nitrogens is 2. The zero-order chi connectivity index (χ0) is 12.4. The van der Waals surface area contributed by atoms with Crippen molar-refractivity contribution in [3.05, 3.63) is 17.0 Å². The Kier molecular flexibility index (Phi) is 4.27. The van der Waals surface area contributed by atoms with Crippen LogP contribution < -0.4 is 0 Å². The minimum atomic E-state index is -3.84. The van der Waals surface area contributed by atoms with Crippen LogP contribution in [-0.4, -0.2) is 38.3 Å². The van der Waals surface area contributed by atoms with Crippen molar-refractivity contribution in [2.24, 2.45) is 0 Å². The topological polar surface area (TPSA) is 94.1 Å². The highest BCUT2D eigenvalue weighted by Gasteiger charge is 2.22. The summed E-state index contributed by atoms with van der Waals surface area (Å²) < 4.78 is 44.8. The van der Waals surface area contributed by atoms with Crippen LogP contribution in [0, 0.1) is 0 Å². The summed E-state index contributed by atoms with van der Waals surface area (Å²) in [6.07, 6.45) is 2.32. The van der Waals surface area contributed by atoms with E-state index in [1.807, 2.05) is 0 Å². The van der Waals surface area contributed by atoms with Gasteiger partial charge in [0.15, 0.2) is 14.9 Å². The quantitative estimate of drug-likeness (QED) is 0.583. The number of sulfone groups is 1. The maximum atomic E-state index is 11.7. The molecule has 0 saturated heterocycles. The molecule has 10 heteroatoms. The first-order valence-electron chi connectivity index (χ1n) is 3.83. The number of nitrogens with zero attached hydrogens (tertiary/aromatic N) is 2. The van der Waals surface area contributed by atoms with Gasteiger partial charge in [-0.1, -0.05) is 0 Å². The van der Waals surface area contributed by atoms with Crippen LogP contribution >= 0.6 is 26.6 Å². The lowest BCUT2D eigenvalue weighted by molar-refractivity contribution is 0.588. The molecule has 1 aromatic rings. The van der Waals surface area contributed by atoms with E-state index >= 15 is 0 Å². The molecule has 0 saturated carbocycles. The Hall–Kier alpha value is -0.250. The molecular weight excluding hydrogens is 344 g/mol. The molecule has 0 amide bonds. The lowest BCUT2D eigenvalue weighted by Crippen LogP contribution is -2.16. The Labute approximate surface area is 106 Å². The van der Waals surface area contributed by atoms with E-state index < -0.39 is 30.4 Å². The van der Waals surface area contributed by atoms with Crippen molar-refractivity contribution in [1.29, 1.82) is 0 Å². The lowest BCUT2D eigenvalue weighted by Gasteiger charge is -2.03. The Balaban J connectivity index is 3.01. The van der Waals surface area contributed by atoms with E-state index in [1.165, 1.54) is 6.20 Å². The molecule has 0 aromatic carbocycles. The van der Waals surface area contributed by atoms with E-state index in [9.17, 15) is 16.8 Å². The van der Waals surface area contributed by atoms with Crippen LogP contribution in [0.2, 0.25) is 0 Å². The maximum absolute atomic E-state index is 11.7. The van der Waals surface area contributed by atoms with Gasteiger partial charge >= 0.3 is 0 Å². The second kappa shape index (κ2) is 4.94. The molecule has 90 valence electrons. The molecule has 0 radical (unpaired) electrons. The average molecular weight is 350 g/mol. The van der Waals surface area contributed by atoms with Gasteiger partial charge in [-0.05, 0) is 15.9 Å². The maximum Gasteiger partial charge on any atom is 0.233 e. The number of halogens is 2. The molecule has 0 fully saturated rings. The fourth-order valence-electron chi connectivity index (χ4n) is 0.836. The number of rotatable bonds is 4. The van der Waals surface area contributed by atoms with Gasteiger partial charge in [0.25, 0.3) is 0 Å². The molecule has 0 spiro atoms. The van der Waals surface area contributed by atoms with Crippen molar-refractivity contribution in [2.45, 2.75) is 5.03 Å². The van der Waals surface area contributed by atoms with Gasteiger partial charge in [0, 0.05) is 16.9 Å². The van der Waals surface area contributed by atoms with E-state index in [0.29, 0.717) is 0 Å². The molecule has 0 aliphatic rings. The highest BCUT2D eigenvalue weighted by atomic mass is 79.9. The molecule has 0 atom stereocenters. The van der Waals surface area contributed by atoms with Crippen LogP contribution in [0.4, 0.5) is 0 Å². The summed E-state index contributed by atoms with van der Waals surface area (Å²) >= 11 is 2.97. The number of hydrogen-bond acceptors (Lipinski definition) is 6. The second-order valence-corrected chi connectivity index (χ2v) is 8.51.